The number of aryl methyl sites for hydroxylation is 1. The zero-order chi connectivity index (χ0) is 20.9. The van der Waals surface area contributed by atoms with Crippen LogP contribution in [0.15, 0.2) is 59.6 Å². The topological polar surface area (TPSA) is 111 Å². The molecule has 1 heterocycles. The normalized spacial score (nSPS) is 10.9. The summed E-state index contributed by atoms with van der Waals surface area (Å²) in [6.45, 7) is 1.50. The highest BCUT2D eigenvalue weighted by Gasteiger charge is 2.19. The summed E-state index contributed by atoms with van der Waals surface area (Å²) in [7, 11) is -3.92. The Morgan fingerprint density at radius 2 is 2.00 bits per heavy atom. The molecule has 0 bridgehead atoms. The summed E-state index contributed by atoms with van der Waals surface area (Å²) in [6, 6.07) is 13.0. The molecule has 0 aliphatic rings. The van der Waals surface area contributed by atoms with Gasteiger partial charge in [-0.25, -0.2) is 8.42 Å². The minimum atomic E-state index is -3.92. The van der Waals surface area contributed by atoms with E-state index in [4.69, 9.17) is 4.74 Å². The molecule has 0 amide bonds. The van der Waals surface area contributed by atoms with Gasteiger partial charge in [0.15, 0.2) is 0 Å². The summed E-state index contributed by atoms with van der Waals surface area (Å²) in [5.74, 6) is 5.99. The van der Waals surface area contributed by atoms with E-state index < -0.39 is 14.9 Å². The first-order valence-corrected chi connectivity index (χ1v) is 10.0. The van der Waals surface area contributed by atoms with Crippen molar-refractivity contribution in [2.24, 2.45) is 0 Å². The Morgan fingerprint density at radius 3 is 2.79 bits per heavy atom. The van der Waals surface area contributed by atoms with E-state index in [1.54, 1.807) is 25.3 Å². The molecule has 148 valence electrons. The summed E-state index contributed by atoms with van der Waals surface area (Å²) in [6.07, 6.45) is 1.70. The monoisotopic (exact) mass is 411 g/mol. The van der Waals surface area contributed by atoms with Crippen LogP contribution in [-0.2, 0) is 10.0 Å². The molecule has 0 atom stereocenters. The quantitative estimate of drug-likeness (QED) is 0.379. The van der Waals surface area contributed by atoms with Crippen molar-refractivity contribution >= 4 is 26.6 Å². The van der Waals surface area contributed by atoms with E-state index in [9.17, 15) is 18.5 Å². The zero-order valence-corrected chi connectivity index (χ0v) is 16.3. The number of pyridine rings is 1. The molecular weight excluding hydrogens is 394 g/mol. The lowest BCUT2D eigenvalue weighted by Crippen LogP contribution is -2.25. The molecule has 1 N–H and O–H groups in total. The second kappa shape index (κ2) is 8.68. The van der Waals surface area contributed by atoms with Gasteiger partial charge in [0, 0.05) is 29.8 Å². The number of benzene rings is 2. The molecule has 9 heteroatoms. The van der Waals surface area contributed by atoms with Gasteiger partial charge in [-0.15, -0.1) is 0 Å². The van der Waals surface area contributed by atoms with Crippen LogP contribution >= 0.6 is 0 Å². The summed E-state index contributed by atoms with van der Waals surface area (Å²) < 4.78 is 32.6. The molecule has 3 rings (SSSR count). The third-order valence-electron chi connectivity index (χ3n) is 4.04. The zero-order valence-electron chi connectivity index (χ0n) is 15.5. The number of sulfonamides is 1. The summed E-state index contributed by atoms with van der Waals surface area (Å²) in [4.78, 5) is 14.3. The molecule has 0 saturated heterocycles. The van der Waals surface area contributed by atoms with Crippen molar-refractivity contribution in [1.29, 1.82) is 0 Å². The molecule has 3 aromatic rings. The lowest BCUT2D eigenvalue weighted by Gasteiger charge is -2.07. The van der Waals surface area contributed by atoms with Gasteiger partial charge in [-0.2, -0.15) is 4.72 Å². The second-order valence-corrected chi connectivity index (χ2v) is 7.77. The lowest BCUT2D eigenvalue weighted by atomic mass is 10.2. The Kier molecular flexibility index (Phi) is 6.07. The summed E-state index contributed by atoms with van der Waals surface area (Å²) in [5.41, 5.74) is 0.919. The molecule has 29 heavy (non-hydrogen) atoms. The highest BCUT2D eigenvalue weighted by atomic mass is 32.2. The fourth-order valence-corrected chi connectivity index (χ4v) is 3.76. The maximum Gasteiger partial charge on any atom is 0.270 e. The van der Waals surface area contributed by atoms with Crippen molar-refractivity contribution in [3.8, 4) is 17.6 Å². The SMILES string of the molecule is Cc1ccc([N+](=O)[O-])cc1S(=O)(=O)NCC#CCOc1ccc2cccnc2c1. The molecule has 0 aliphatic carbocycles. The molecule has 0 aliphatic heterocycles. The predicted octanol–water partition coefficient (Wildman–Crippen LogP) is 2.81. The van der Waals surface area contributed by atoms with E-state index in [0.717, 1.165) is 17.0 Å². The van der Waals surface area contributed by atoms with Crippen LogP contribution in [0.3, 0.4) is 0 Å². The predicted molar refractivity (Wildman–Crippen MR) is 108 cm³/mol. The van der Waals surface area contributed by atoms with Crippen LogP contribution in [-0.4, -0.2) is 31.5 Å². The molecule has 2 aromatic carbocycles. The average molecular weight is 411 g/mol. The molecular formula is C20H17N3O5S. The highest BCUT2D eigenvalue weighted by Crippen LogP contribution is 2.21. The smallest absolute Gasteiger partial charge is 0.270 e. The third-order valence-corrected chi connectivity index (χ3v) is 5.58. The Balaban J connectivity index is 1.58. The van der Waals surface area contributed by atoms with Gasteiger partial charge in [0.1, 0.15) is 12.4 Å². The van der Waals surface area contributed by atoms with Gasteiger partial charge in [0.2, 0.25) is 10.0 Å². The van der Waals surface area contributed by atoms with Gasteiger partial charge < -0.3 is 4.74 Å². The number of rotatable bonds is 6. The van der Waals surface area contributed by atoms with E-state index in [2.05, 4.69) is 21.5 Å². The van der Waals surface area contributed by atoms with Crippen molar-refractivity contribution in [2.45, 2.75) is 11.8 Å². The molecule has 0 saturated carbocycles. The number of nitro groups is 1. The van der Waals surface area contributed by atoms with Crippen molar-refractivity contribution in [3.63, 3.8) is 0 Å². The number of non-ortho nitro benzene ring substituents is 1. The number of hydrogen-bond acceptors (Lipinski definition) is 6. The third kappa shape index (κ3) is 5.07. The van der Waals surface area contributed by atoms with Gasteiger partial charge in [0.25, 0.3) is 5.69 Å². The van der Waals surface area contributed by atoms with Crippen LogP contribution < -0.4 is 9.46 Å². The summed E-state index contributed by atoms with van der Waals surface area (Å²) >= 11 is 0. The van der Waals surface area contributed by atoms with Gasteiger partial charge in [0.05, 0.1) is 21.9 Å². The van der Waals surface area contributed by atoms with E-state index in [1.165, 1.54) is 12.1 Å². The van der Waals surface area contributed by atoms with E-state index in [-0.39, 0.29) is 23.7 Å². The lowest BCUT2D eigenvalue weighted by molar-refractivity contribution is -0.385. The number of fused-ring (bicyclic) bond motifs is 1. The fraction of sp³-hybridized carbons (Fsp3) is 0.150. The standard InChI is InChI=1S/C20H17N3O5S/c1-15-6-8-17(23(24)25)13-20(15)29(26,27)22-11-2-3-12-28-18-9-7-16-5-4-10-21-19(16)14-18/h4-10,13-14,22H,11-12H2,1H3. The largest absolute Gasteiger partial charge is 0.481 e. The van der Waals surface area contributed by atoms with E-state index in [1.807, 2.05) is 18.2 Å². The van der Waals surface area contributed by atoms with Gasteiger partial charge in [-0.3, -0.25) is 15.1 Å². The Hall–Kier alpha value is -3.48. The second-order valence-electron chi connectivity index (χ2n) is 6.03. The average Bonchev–Trinajstić information content (AvgIpc) is 2.70. The molecule has 0 unspecified atom stereocenters. The first-order chi connectivity index (χ1) is 13.9. The maximum absolute atomic E-state index is 12.4. The number of hydrogen-bond donors (Lipinski definition) is 1. The number of nitro benzene ring substituents is 1. The number of ether oxygens (including phenoxy) is 1. The number of aromatic nitrogens is 1. The Labute approximate surface area is 167 Å². The first-order valence-electron chi connectivity index (χ1n) is 8.55. The molecule has 8 nitrogen and oxygen atoms in total. The minimum Gasteiger partial charge on any atom is -0.481 e. The highest BCUT2D eigenvalue weighted by molar-refractivity contribution is 7.89. The fourth-order valence-electron chi connectivity index (χ4n) is 2.57. The maximum atomic E-state index is 12.4. The van der Waals surface area contributed by atoms with Gasteiger partial charge in [-0.05, 0) is 30.7 Å². The van der Waals surface area contributed by atoms with Crippen LogP contribution in [0.4, 0.5) is 5.69 Å². The van der Waals surface area contributed by atoms with Crippen molar-refractivity contribution in [3.05, 3.63) is 70.4 Å². The van der Waals surface area contributed by atoms with Crippen LogP contribution in [0.5, 0.6) is 5.75 Å². The van der Waals surface area contributed by atoms with Gasteiger partial charge >= 0.3 is 0 Å². The molecule has 0 fully saturated rings. The van der Waals surface area contributed by atoms with Crippen LogP contribution in [0.2, 0.25) is 0 Å². The Bertz CT molecular complexity index is 1230. The van der Waals surface area contributed by atoms with E-state index in [0.29, 0.717) is 11.3 Å². The van der Waals surface area contributed by atoms with Crippen LogP contribution in [0, 0.1) is 28.9 Å². The number of nitrogens with zero attached hydrogens (tertiary/aromatic N) is 2. The minimum absolute atomic E-state index is 0.0793. The Morgan fingerprint density at radius 1 is 1.17 bits per heavy atom. The molecule has 0 radical (unpaired) electrons. The van der Waals surface area contributed by atoms with E-state index >= 15 is 0 Å². The molecule has 1 aromatic heterocycles. The van der Waals surface area contributed by atoms with Crippen molar-refractivity contribution in [1.82, 2.24) is 9.71 Å². The van der Waals surface area contributed by atoms with Crippen LogP contribution in [0.1, 0.15) is 5.56 Å². The van der Waals surface area contributed by atoms with Crippen molar-refractivity contribution < 1.29 is 18.1 Å². The number of nitrogens with one attached hydrogen (secondary N) is 1. The first kappa shape index (κ1) is 20.3. The van der Waals surface area contributed by atoms with Gasteiger partial charge in [-0.1, -0.05) is 24.0 Å². The van der Waals surface area contributed by atoms with Crippen molar-refractivity contribution in [2.75, 3.05) is 13.2 Å². The molecule has 0 spiro atoms. The summed E-state index contributed by atoms with van der Waals surface area (Å²) in [5, 5.41) is 11.9. The van der Waals surface area contributed by atoms with Crippen LogP contribution in [0.25, 0.3) is 10.9 Å².